The van der Waals surface area contributed by atoms with Gasteiger partial charge in [-0.15, -0.1) is 0 Å². The van der Waals surface area contributed by atoms with Crippen LogP contribution in [0.1, 0.15) is 33.6 Å². The van der Waals surface area contributed by atoms with E-state index >= 15 is 0 Å². The second-order valence-corrected chi connectivity index (χ2v) is 3.40. The summed E-state index contributed by atoms with van der Waals surface area (Å²) < 4.78 is 0. The van der Waals surface area contributed by atoms with Crippen LogP contribution in [0.15, 0.2) is 0 Å². The maximum atomic E-state index is 11.0. The van der Waals surface area contributed by atoms with Gasteiger partial charge in [0.25, 0.3) is 0 Å². The van der Waals surface area contributed by atoms with Crippen LogP contribution >= 0.6 is 0 Å². The summed E-state index contributed by atoms with van der Waals surface area (Å²) in [5.74, 6) is -1.68. The third-order valence-electron chi connectivity index (χ3n) is 2.23. The predicted molar refractivity (Wildman–Crippen MR) is 46.3 cm³/mol. The van der Waals surface area contributed by atoms with Gasteiger partial charge in [0.05, 0.1) is 0 Å². The van der Waals surface area contributed by atoms with Crippen LogP contribution in [0.2, 0.25) is 0 Å². The van der Waals surface area contributed by atoms with Gasteiger partial charge in [0.1, 0.15) is 17.0 Å². The summed E-state index contributed by atoms with van der Waals surface area (Å²) in [6.07, 6.45) is 0.204. The molecule has 1 unspecified atom stereocenters. The Kier molecular flexibility index (Phi) is 3.78. The van der Waals surface area contributed by atoms with Crippen molar-refractivity contribution in [3.8, 4) is 0 Å². The average Bonchev–Trinajstić information content (AvgIpc) is 1.99. The lowest BCUT2D eigenvalue weighted by molar-refractivity contribution is -0.153. The van der Waals surface area contributed by atoms with Gasteiger partial charge in [0, 0.05) is 6.42 Å². The second-order valence-electron chi connectivity index (χ2n) is 3.40. The highest BCUT2D eigenvalue weighted by Crippen LogP contribution is 2.24. The SMILES string of the molecule is CC(=O)CCC(C)(C(C)=O)C(=O)O. The molecule has 0 bridgehead atoms. The van der Waals surface area contributed by atoms with E-state index in [0.717, 1.165) is 0 Å². The number of hydrogen-bond acceptors (Lipinski definition) is 3. The summed E-state index contributed by atoms with van der Waals surface area (Å²) in [5.41, 5.74) is -1.41. The number of hydrogen-bond donors (Lipinski definition) is 1. The number of carbonyl (C=O) groups excluding carboxylic acids is 2. The Morgan fingerprint density at radius 3 is 1.92 bits per heavy atom. The van der Waals surface area contributed by atoms with Crippen LogP contribution < -0.4 is 0 Å². The van der Waals surface area contributed by atoms with Gasteiger partial charge in [-0.2, -0.15) is 0 Å². The summed E-state index contributed by atoms with van der Waals surface area (Å²) >= 11 is 0. The van der Waals surface area contributed by atoms with Crippen LogP contribution in [0.5, 0.6) is 0 Å². The zero-order valence-electron chi connectivity index (χ0n) is 8.09. The predicted octanol–water partition coefficient (Wildman–Crippen LogP) is 1.04. The summed E-state index contributed by atoms with van der Waals surface area (Å²) in [6, 6.07) is 0. The van der Waals surface area contributed by atoms with Crippen molar-refractivity contribution in [2.24, 2.45) is 5.41 Å². The fourth-order valence-corrected chi connectivity index (χ4v) is 0.860. The molecule has 0 aliphatic rings. The summed E-state index contributed by atoms with van der Waals surface area (Å²) in [6.45, 7) is 3.96. The molecule has 1 atom stereocenters. The molecular weight excluding hydrogens is 172 g/mol. The molecule has 1 N–H and O–H groups in total. The molecule has 0 fully saturated rings. The fraction of sp³-hybridized carbons (Fsp3) is 0.667. The molecular formula is C9H14O4. The number of aliphatic carboxylic acids is 1. The summed E-state index contributed by atoms with van der Waals surface area (Å²) in [4.78, 5) is 32.4. The van der Waals surface area contributed by atoms with Gasteiger partial charge >= 0.3 is 5.97 Å². The molecule has 0 radical (unpaired) electrons. The van der Waals surface area contributed by atoms with Crippen LogP contribution in [0.3, 0.4) is 0 Å². The summed E-state index contributed by atoms with van der Waals surface area (Å²) in [5, 5.41) is 8.78. The van der Waals surface area contributed by atoms with Gasteiger partial charge < -0.3 is 9.90 Å². The first-order valence-corrected chi connectivity index (χ1v) is 4.04. The van der Waals surface area contributed by atoms with Gasteiger partial charge in [-0.1, -0.05) is 0 Å². The smallest absolute Gasteiger partial charge is 0.316 e. The van der Waals surface area contributed by atoms with Gasteiger partial charge in [-0.05, 0) is 27.2 Å². The number of Topliss-reactive ketones (excluding diaryl/α,β-unsaturated/α-hetero) is 2. The minimum Gasteiger partial charge on any atom is -0.481 e. The highest BCUT2D eigenvalue weighted by atomic mass is 16.4. The van der Waals surface area contributed by atoms with E-state index in [1.54, 1.807) is 0 Å². The Morgan fingerprint density at radius 2 is 1.69 bits per heavy atom. The van der Waals surface area contributed by atoms with Crippen LogP contribution in [0, 0.1) is 5.41 Å². The van der Waals surface area contributed by atoms with Crippen LogP contribution in [-0.4, -0.2) is 22.6 Å². The highest BCUT2D eigenvalue weighted by Gasteiger charge is 2.37. The van der Waals surface area contributed by atoms with E-state index in [0.29, 0.717) is 0 Å². The number of carboxylic acids is 1. The molecule has 0 heterocycles. The molecule has 0 aliphatic carbocycles. The third kappa shape index (κ3) is 2.97. The fourth-order valence-electron chi connectivity index (χ4n) is 0.860. The number of carbonyl (C=O) groups is 3. The van der Waals surface area contributed by atoms with Crippen molar-refractivity contribution in [2.45, 2.75) is 33.6 Å². The molecule has 0 aromatic heterocycles. The Bertz CT molecular complexity index is 228. The number of rotatable bonds is 5. The molecule has 0 aromatic rings. The zero-order chi connectivity index (χ0) is 10.6. The maximum Gasteiger partial charge on any atom is 0.316 e. The van der Waals surface area contributed by atoms with Gasteiger partial charge in [-0.3, -0.25) is 9.59 Å². The molecule has 13 heavy (non-hydrogen) atoms. The van der Waals surface area contributed by atoms with E-state index in [2.05, 4.69) is 0 Å². The van der Waals surface area contributed by atoms with Crippen molar-refractivity contribution in [3.05, 3.63) is 0 Å². The van der Waals surface area contributed by atoms with Crippen LogP contribution in [0.4, 0.5) is 0 Å². The van der Waals surface area contributed by atoms with E-state index in [4.69, 9.17) is 5.11 Å². The molecule has 0 spiro atoms. The van der Waals surface area contributed by atoms with Gasteiger partial charge in [0.2, 0.25) is 0 Å². The molecule has 0 amide bonds. The molecule has 0 saturated heterocycles. The Balaban J connectivity index is 4.52. The second kappa shape index (κ2) is 4.16. The molecule has 0 rings (SSSR count). The van der Waals surface area contributed by atoms with Crippen LogP contribution in [0.25, 0.3) is 0 Å². The normalized spacial score (nSPS) is 14.7. The highest BCUT2D eigenvalue weighted by molar-refractivity contribution is 6.01. The van der Waals surface area contributed by atoms with E-state index in [9.17, 15) is 14.4 Å². The molecule has 0 saturated carbocycles. The lowest BCUT2D eigenvalue weighted by Crippen LogP contribution is -2.35. The topological polar surface area (TPSA) is 71.4 Å². The molecule has 4 nitrogen and oxygen atoms in total. The molecule has 74 valence electrons. The van der Waals surface area contributed by atoms with E-state index < -0.39 is 17.2 Å². The first-order valence-electron chi connectivity index (χ1n) is 4.04. The Labute approximate surface area is 76.9 Å². The van der Waals surface area contributed by atoms with Crippen molar-refractivity contribution < 1.29 is 19.5 Å². The van der Waals surface area contributed by atoms with Crippen LogP contribution in [-0.2, 0) is 14.4 Å². The number of ketones is 2. The molecule has 4 heteroatoms. The van der Waals surface area contributed by atoms with E-state index in [-0.39, 0.29) is 18.6 Å². The van der Waals surface area contributed by atoms with Crippen molar-refractivity contribution in [2.75, 3.05) is 0 Å². The quantitative estimate of drug-likeness (QED) is 0.651. The monoisotopic (exact) mass is 186 g/mol. The van der Waals surface area contributed by atoms with Gasteiger partial charge in [0.15, 0.2) is 0 Å². The van der Waals surface area contributed by atoms with E-state index in [1.165, 1.54) is 20.8 Å². The first-order chi connectivity index (χ1) is 5.80. The zero-order valence-corrected chi connectivity index (χ0v) is 8.09. The lowest BCUT2D eigenvalue weighted by atomic mass is 9.81. The third-order valence-corrected chi connectivity index (χ3v) is 2.23. The average molecular weight is 186 g/mol. The molecule has 0 aliphatic heterocycles. The number of carboxylic acid groups (broad SMARTS) is 1. The van der Waals surface area contributed by atoms with E-state index in [1.807, 2.05) is 0 Å². The lowest BCUT2D eigenvalue weighted by Gasteiger charge is -2.20. The largest absolute Gasteiger partial charge is 0.481 e. The van der Waals surface area contributed by atoms with Crippen molar-refractivity contribution in [3.63, 3.8) is 0 Å². The summed E-state index contributed by atoms with van der Waals surface area (Å²) in [7, 11) is 0. The Hall–Kier alpha value is -1.19. The maximum absolute atomic E-state index is 11.0. The van der Waals surface area contributed by atoms with Crippen molar-refractivity contribution >= 4 is 17.5 Å². The Morgan fingerprint density at radius 1 is 1.23 bits per heavy atom. The molecule has 0 aromatic carbocycles. The van der Waals surface area contributed by atoms with Crippen molar-refractivity contribution in [1.29, 1.82) is 0 Å². The van der Waals surface area contributed by atoms with Gasteiger partial charge in [-0.25, -0.2) is 0 Å². The minimum atomic E-state index is -1.41. The van der Waals surface area contributed by atoms with Crippen molar-refractivity contribution in [1.82, 2.24) is 0 Å². The minimum absolute atomic E-state index is 0.0764. The first kappa shape index (κ1) is 11.8. The standard InChI is InChI=1S/C9H14O4/c1-6(10)4-5-9(3,7(2)11)8(12)13/h4-5H2,1-3H3,(H,12,13).